The van der Waals surface area contributed by atoms with Gasteiger partial charge in [-0.15, -0.1) is 0 Å². The molecule has 0 amide bonds. The molecule has 0 saturated heterocycles. The van der Waals surface area contributed by atoms with Crippen LogP contribution in [0.5, 0.6) is 0 Å². The third-order valence-electron chi connectivity index (χ3n) is 14.2. The fourth-order valence-electron chi connectivity index (χ4n) is 12.7. The van der Waals surface area contributed by atoms with Crippen LogP contribution < -0.4 is 0 Å². The van der Waals surface area contributed by atoms with Crippen molar-refractivity contribution in [1.82, 2.24) is 0 Å². The molecule has 0 bridgehead atoms. The Morgan fingerprint density at radius 3 is 1.94 bits per heavy atom. The molecule has 5 fully saturated rings. The minimum atomic E-state index is 0.559. The van der Waals surface area contributed by atoms with E-state index in [-0.39, 0.29) is 0 Å². The zero-order valence-corrected chi connectivity index (χ0v) is 23.2. The second kappa shape index (κ2) is 7.50. The molecule has 0 spiro atoms. The summed E-state index contributed by atoms with van der Waals surface area (Å²) in [5.41, 5.74) is 2.91. The van der Waals surface area contributed by atoms with Crippen LogP contribution in [0.3, 0.4) is 0 Å². The van der Waals surface area contributed by atoms with Gasteiger partial charge in [0.2, 0.25) is 0 Å². The van der Waals surface area contributed by atoms with Gasteiger partial charge in [0.25, 0.3) is 0 Å². The molecule has 32 heavy (non-hydrogen) atoms. The lowest BCUT2D eigenvalue weighted by Gasteiger charge is -2.73. The van der Waals surface area contributed by atoms with E-state index in [4.69, 9.17) is 0 Å². The second-order valence-electron chi connectivity index (χ2n) is 15.6. The van der Waals surface area contributed by atoms with Crippen LogP contribution in [0.15, 0.2) is 0 Å². The topological polar surface area (TPSA) is 0 Å². The molecule has 10 atom stereocenters. The standard InChI is InChI=1S/C32H56/c1-9-11-22(2)23-14-19-29(5)24(23)15-20-31(7)26(29)12-13-27-30(6)18-10-17-28(3,4)25(30)16-21-32(27,31)8/h22-27H,9-21H2,1-8H3/t22?,23-,24-,25?,26?,27?,29-,30-,31+,32+/m0/s1. The maximum absolute atomic E-state index is 2.83. The van der Waals surface area contributed by atoms with E-state index in [1.807, 2.05) is 0 Å². The quantitative estimate of drug-likeness (QED) is 0.409. The van der Waals surface area contributed by atoms with Crippen molar-refractivity contribution in [3.05, 3.63) is 0 Å². The first kappa shape index (κ1) is 23.7. The summed E-state index contributed by atoms with van der Waals surface area (Å²) < 4.78 is 0. The van der Waals surface area contributed by atoms with Crippen molar-refractivity contribution in [2.24, 2.45) is 62.6 Å². The molecule has 0 heteroatoms. The molecule has 0 aromatic rings. The van der Waals surface area contributed by atoms with Crippen LogP contribution in [-0.2, 0) is 0 Å². The predicted molar refractivity (Wildman–Crippen MR) is 139 cm³/mol. The van der Waals surface area contributed by atoms with Gasteiger partial charge in [0, 0.05) is 0 Å². The predicted octanol–water partition coefficient (Wildman–Crippen LogP) is 9.91. The van der Waals surface area contributed by atoms with E-state index < -0.39 is 0 Å². The molecule has 184 valence electrons. The summed E-state index contributed by atoms with van der Waals surface area (Å²) in [6, 6.07) is 0. The summed E-state index contributed by atoms with van der Waals surface area (Å²) in [6.45, 7) is 21.4. The monoisotopic (exact) mass is 440 g/mol. The minimum Gasteiger partial charge on any atom is -0.0654 e. The third-order valence-corrected chi connectivity index (χ3v) is 14.2. The van der Waals surface area contributed by atoms with Gasteiger partial charge in [0.05, 0.1) is 0 Å². The number of hydrogen-bond donors (Lipinski definition) is 0. The highest BCUT2D eigenvalue weighted by Crippen LogP contribution is 2.78. The fourth-order valence-corrected chi connectivity index (χ4v) is 12.7. The van der Waals surface area contributed by atoms with Gasteiger partial charge in [-0.05, 0) is 127 Å². The molecule has 0 aromatic heterocycles. The summed E-state index contributed by atoms with van der Waals surface area (Å²) in [5, 5.41) is 0. The summed E-state index contributed by atoms with van der Waals surface area (Å²) >= 11 is 0. The molecule has 0 aromatic carbocycles. The maximum atomic E-state index is 2.83. The normalized spacial score (nSPS) is 55.3. The van der Waals surface area contributed by atoms with Crippen LogP contribution in [0, 0.1) is 62.6 Å². The summed E-state index contributed by atoms with van der Waals surface area (Å²) in [5.74, 6) is 5.88. The first-order valence-electron chi connectivity index (χ1n) is 14.9. The Bertz CT molecular complexity index is 720. The van der Waals surface area contributed by atoms with E-state index in [2.05, 4.69) is 55.4 Å². The number of fused-ring (bicyclic) bond motifs is 7. The molecular weight excluding hydrogens is 384 g/mol. The van der Waals surface area contributed by atoms with Crippen molar-refractivity contribution in [3.8, 4) is 0 Å². The van der Waals surface area contributed by atoms with Gasteiger partial charge in [0.15, 0.2) is 0 Å². The van der Waals surface area contributed by atoms with E-state index in [1.54, 1.807) is 6.42 Å². The summed E-state index contributed by atoms with van der Waals surface area (Å²) in [4.78, 5) is 0. The first-order chi connectivity index (χ1) is 14.9. The van der Waals surface area contributed by atoms with E-state index in [0.717, 1.165) is 35.5 Å². The SMILES string of the molecule is CCCC(C)[C@@H]1CC[C@]2(C)C3CCC4[C@@]5(C)CCCC(C)(C)C5CC[C@@]4(C)[C@]3(C)CC[C@@H]12. The molecule has 5 aliphatic carbocycles. The molecule has 5 rings (SSSR count). The Hall–Kier alpha value is 0. The largest absolute Gasteiger partial charge is 0.0654 e. The Kier molecular flexibility index (Phi) is 5.56. The fraction of sp³-hybridized carbons (Fsp3) is 1.00. The summed E-state index contributed by atoms with van der Waals surface area (Å²) in [6.07, 6.45) is 19.5. The van der Waals surface area contributed by atoms with Gasteiger partial charge in [0.1, 0.15) is 0 Å². The molecule has 4 unspecified atom stereocenters. The van der Waals surface area contributed by atoms with Crippen molar-refractivity contribution < 1.29 is 0 Å². The maximum Gasteiger partial charge on any atom is -0.0235 e. The zero-order chi connectivity index (χ0) is 23.2. The van der Waals surface area contributed by atoms with Crippen molar-refractivity contribution >= 4 is 0 Å². The van der Waals surface area contributed by atoms with Crippen LogP contribution >= 0.6 is 0 Å². The lowest BCUT2D eigenvalue weighted by atomic mass is 9.32. The van der Waals surface area contributed by atoms with Crippen LogP contribution in [-0.4, -0.2) is 0 Å². The van der Waals surface area contributed by atoms with Gasteiger partial charge in [-0.25, -0.2) is 0 Å². The van der Waals surface area contributed by atoms with Gasteiger partial charge < -0.3 is 0 Å². The molecular formula is C32H56. The third kappa shape index (κ3) is 2.92. The zero-order valence-electron chi connectivity index (χ0n) is 23.2. The smallest absolute Gasteiger partial charge is 0.0235 e. The van der Waals surface area contributed by atoms with Crippen LogP contribution in [0.2, 0.25) is 0 Å². The lowest BCUT2D eigenvalue weighted by Crippen LogP contribution is -2.65. The minimum absolute atomic E-state index is 0.559. The number of rotatable bonds is 3. The van der Waals surface area contributed by atoms with Gasteiger partial charge in [-0.1, -0.05) is 74.7 Å². The highest BCUT2D eigenvalue weighted by Gasteiger charge is 2.70. The highest BCUT2D eigenvalue weighted by atomic mass is 14.7. The van der Waals surface area contributed by atoms with Crippen molar-refractivity contribution in [3.63, 3.8) is 0 Å². The highest BCUT2D eigenvalue weighted by molar-refractivity contribution is 5.19. The van der Waals surface area contributed by atoms with Crippen molar-refractivity contribution in [2.45, 2.75) is 139 Å². The Labute approximate surface area is 201 Å². The van der Waals surface area contributed by atoms with Crippen molar-refractivity contribution in [2.75, 3.05) is 0 Å². The average molecular weight is 441 g/mol. The molecule has 0 N–H and O–H groups in total. The van der Waals surface area contributed by atoms with E-state index in [1.165, 1.54) is 77.0 Å². The van der Waals surface area contributed by atoms with Crippen LogP contribution in [0.25, 0.3) is 0 Å². The molecule has 5 saturated carbocycles. The molecule has 0 radical (unpaired) electrons. The van der Waals surface area contributed by atoms with Gasteiger partial charge >= 0.3 is 0 Å². The van der Waals surface area contributed by atoms with E-state index >= 15 is 0 Å². The number of hydrogen-bond acceptors (Lipinski definition) is 0. The first-order valence-corrected chi connectivity index (χ1v) is 14.9. The van der Waals surface area contributed by atoms with E-state index in [0.29, 0.717) is 27.1 Å². The molecule has 0 heterocycles. The van der Waals surface area contributed by atoms with E-state index in [9.17, 15) is 0 Å². The Morgan fingerprint density at radius 2 is 1.28 bits per heavy atom. The molecule has 0 aliphatic heterocycles. The van der Waals surface area contributed by atoms with Crippen LogP contribution in [0.4, 0.5) is 0 Å². The average Bonchev–Trinajstić information content (AvgIpc) is 3.05. The van der Waals surface area contributed by atoms with Crippen molar-refractivity contribution in [1.29, 1.82) is 0 Å². The lowest BCUT2D eigenvalue weighted by molar-refractivity contribution is -0.241. The Balaban J connectivity index is 1.48. The molecule has 0 nitrogen and oxygen atoms in total. The second-order valence-corrected chi connectivity index (χ2v) is 15.6. The van der Waals surface area contributed by atoms with Crippen LogP contribution in [0.1, 0.15) is 139 Å². The summed E-state index contributed by atoms with van der Waals surface area (Å²) in [7, 11) is 0. The molecule has 5 aliphatic rings. The van der Waals surface area contributed by atoms with Gasteiger partial charge in [-0.2, -0.15) is 0 Å². The van der Waals surface area contributed by atoms with Gasteiger partial charge in [-0.3, -0.25) is 0 Å². The Morgan fingerprint density at radius 1 is 0.656 bits per heavy atom.